The summed E-state index contributed by atoms with van der Waals surface area (Å²) in [6, 6.07) is 3.12. The van der Waals surface area contributed by atoms with Gasteiger partial charge in [0.1, 0.15) is 5.82 Å². The van der Waals surface area contributed by atoms with Crippen LogP contribution in [0.25, 0.3) is 0 Å². The molecule has 0 radical (unpaired) electrons. The molecule has 0 aliphatic carbocycles. The minimum atomic E-state index is -3.79. The molecule has 0 bridgehead atoms. The molecule has 0 aliphatic rings. The summed E-state index contributed by atoms with van der Waals surface area (Å²) in [5.41, 5.74) is 0.0746. The summed E-state index contributed by atoms with van der Waals surface area (Å²) in [6.45, 7) is 1.18. The average molecular weight is 260 g/mol. The Labute approximate surface area is 98.5 Å². The third-order valence-electron chi connectivity index (χ3n) is 2.13. The Hall–Kier alpha value is -1.63. The molecular formula is C10H11FNO4S-. The number of carboxylic acids is 1. The van der Waals surface area contributed by atoms with Crippen molar-refractivity contribution in [2.45, 2.75) is 13.0 Å². The van der Waals surface area contributed by atoms with Crippen LogP contribution in [0.1, 0.15) is 6.92 Å². The van der Waals surface area contributed by atoms with Gasteiger partial charge in [-0.3, -0.25) is 4.31 Å². The maximum absolute atomic E-state index is 12.7. The maximum Gasteiger partial charge on any atom is 0.232 e. The number of benzene rings is 1. The minimum absolute atomic E-state index is 0.0746. The molecule has 94 valence electrons. The van der Waals surface area contributed by atoms with E-state index in [0.717, 1.165) is 18.4 Å². The Morgan fingerprint density at radius 2 is 1.82 bits per heavy atom. The Balaban J connectivity index is 3.25. The number of sulfonamides is 1. The van der Waals surface area contributed by atoms with Gasteiger partial charge in [-0.2, -0.15) is 0 Å². The summed E-state index contributed by atoms with van der Waals surface area (Å²) in [7, 11) is -3.79. The lowest BCUT2D eigenvalue weighted by molar-refractivity contribution is -0.306. The van der Waals surface area contributed by atoms with Gasteiger partial charge in [-0.1, -0.05) is 0 Å². The van der Waals surface area contributed by atoms with Crippen LogP contribution >= 0.6 is 0 Å². The highest BCUT2D eigenvalue weighted by molar-refractivity contribution is 7.92. The molecule has 1 atom stereocenters. The van der Waals surface area contributed by atoms with Crippen LogP contribution in [0, 0.1) is 5.82 Å². The standard InChI is InChI=1S/C10H12FNO4S/c1-7(10(13)14)12(17(2,15)16)9-5-3-8(11)4-6-9/h3-7H,1-2H3,(H,13,14)/p-1/t7-/m0/s1. The second kappa shape index (κ2) is 4.70. The number of carbonyl (C=O) groups excluding carboxylic acids is 1. The molecule has 0 unspecified atom stereocenters. The Morgan fingerprint density at radius 3 is 2.18 bits per heavy atom. The number of carbonyl (C=O) groups is 1. The third kappa shape index (κ3) is 3.16. The molecule has 1 aromatic rings. The van der Waals surface area contributed by atoms with Crippen LogP contribution in [0.3, 0.4) is 0 Å². The van der Waals surface area contributed by atoms with Crippen LogP contribution in [0.15, 0.2) is 24.3 Å². The van der Waals surface area contributed by atoms with Crippen LogP contribution < -0.4 is 9.41 Å². The van der Waals surface area contributed by atoms with Gasteiger partial charge in [0.05, 0.1) is 24.0 Å². The van der Waals surface area contributed by atoms with Gasteiger partial charge in [-0.05, 0) is 31.2 Å². The van der Waals surface area contributed by atoms with Gasteiger partial charge in [0.2, 0.25) is 10.0 Å². The molecule has 0 amide bonds. The predicted octanol–water partition coefficient (Wildman–Crippen LogP) is -0.270. The van der Waals surface area contributed by atoms with Crippen LogP contribution in [-0.2, 0) is 14.8 Å². The molecule has 7 heteroatoms. The molecule has 0 spiro atoms. The topological polar surface area (TPSA) is 77.5 Å². The van der Waals surface area contributed by atoms with E-state index in [-0.39, 0.29) is 5.69 Å². The molecule has 0 aromatic heterocycles. The molecule has 0 aliphatic heterocycles. The largest absolute Gasteiger partial charge is 0.548 e. The Kier molecular flexibility index (Phi) is 3.72. The first kappa shape index (κ1) is 13.4. The second-order valence-corrected chi connectivity index (χ2v) is 5.39. The van der Waals surface area contributed by atoms with Crippen molar-refractivity contribution in [3.63, 3.8) is 0 Å². The third-order valence-corrected chi connectivity index (χ3v) is 3.37. The fraction of sp³-hybridized carbons (Fsp3) is 0.300. The zero-order chi connectivity index (χ0) is 13.2. The van der Waals surface area contributed by atoms with E-state index in [1.807, 2.05) is 0 Å². The van der Waals surface area contributed by atoms with Crippen molar-refractivity contribution in [1.29, 1.82) is 0 Å². The van der Waals surface area contributed by atoms with E-state index < -0.39 is 27.9 Å². The lowest BCUT2D eigenvalue weighted by atomic mass is 10.2. The molecular weight excluding hydrogens is 249 g/mol. The highest BCUT2D eigenvalue weighted by atomic mass is 32.2. The van der Waals surface area contributed by atoms with Crippen molar-refractivity contribution in [2.24, 2.45) is 0 Å². The molecule has 0 saturated heterocycles. The fourth-order valence-electron chi connectivity index (χ4n) is 1.39. The minimum Gasteiger partial charge on any atom is -0.548 e. The first-order valence-electron chi connectivity index (χ1n) is 4.69. The van der Waals surface area contributed by atoms with Crippen molar-refractivity contribution in [3.05, 3.63) is 30.1 Å². The van der Waals surface area contributed by atoms with Gasteiger partial charge in [-0.15, -0.1) is 0 Å². The highest BCUT2D eigenvalue weighted by Crippen LogP contribution is 2.20. The van der Waals surface area contributed by atoms with Crippen molar-refractivity contribution in [1.82, 2.24) is 0 Å². The molecule has 0 fully saturated rings. The summed E-state index contributed by atoms with van der Waals surface area (Å²) < 4.78 is 36.4. The quantitative estimate of drug-likeness (QED) is 0.746. The zero-order valence-electron chi connectivity index (χ0n) is 9.25. The number of halogens is 1. The molecule has 1 rings (SSSR count). The summed E-state index contributed by atoms with van der Waals surface area (Å²) in [5.74, 6) is -2.07. The lowest BCUT2D eigenvalue weighted by Crippen LogP contribution is -2.48. The molecule has 17 heavy (non-hydrogen) atoms. The SMILES string of the molecule is C[C@@H](C(=O)[O-])N(c1ccc(F)cc1)S(C)(=O)=O. The van der Waals surface area contributed by atoms with E-state index in [9.17, 15) is 22.7 Å². The number of aliphatic carboxylic acids is 1. The van der Waals surface area contributed by atoms with Gasteiger partial charge in [0.15, 0.2) is 0 Å². The summed E-state index contributed by atoms with van der Waals surface area (Å²) in [4.78, 5) is 10.7. The highest BCUT2D eigenvalue weighted by Gasteiger charge is 2.24. The summed E-state index contributed by atoms with van der Waals surface area (Å²) in [6.07, 6.45) is 0.871. The number of anilines is 1. The number of rotatable bonds is 4. The van der Waals surface area contributed by atoms with E-state index in [2.05, 4.69) is 0 Å². The number of hydrogen-bond acceptors (Lipinski definition) is 4. The van der Waals surface area contributed by atoms with E-state index in [1.165, 1.54) is 19.1 Å². The predicted molar refractivity (Wildman–Crippen MR) is 58.2 cm³/mol. The number of nitrogens with zero attached hydrogens (tertiary/aromatic N) is 1. The second-order valence-electron chi connectivity index (χ2n) is 3.53. The van der Waals surface area contributed by atoms with E-state index in [4.69, 9.17) is 0 Å². The lowest BCUT2D eigenvalue weighted by Gasteiger charge is -2.29. The van der Waals surface area contributed by atoms with E-state index in [0.29, 0.717) is 4.31 Å². The van der Waals surface area contributed by atoms with Gasteiger partial charge in [0.25, 0.3) is 0 Å². The van der Waals surface area contributed by atoms with E-state index in [1.54, 1.807) is 0 Å². The van der Waals surface area contributed by atoms with Crippen molar-refractivity contribution < 1.29 is 22.7 Å². The normalized spacial score (nSPS) is 13.1. The first-order valence-corrected chi connectivity index (χ1v) is 6.54. The number of hydrogen-bond donors (Lipinski definition) is 0. The van der Waals surface area contributed by atoms with Gasteiger partial charge >= 0.3 is 0 Å². The fourth-order valence-corrected chi connectivity index (χ4v) is 2.55. The summed E-state index contributed by atoms with van der Waals surface area (Å²) in [5, 5.41) is 10.7. The van der Waals surface area contributed by atoms with Crippen LogP contribution in [-0.4, -0.2) is 26.7 Å². The van der Waals surface area contributed by atoms with Crippen LogP contribution in [0.2, 0.25) is 0 Å². The molecule has 1 aromatic carbocycles. The van der Waals surface area contributed by atoms with Crippen molar-refractivity contribution >= 4 is 21.7 Å². The maximum atomic E-state index is 12.7. The Morgan fingerprint density at radius 1 is 1.35 bits per heavy atom. The Bertz CT molecular complexity index is 512. The first-order chi connectivity index (χ1) is 7.73. The molecule has 5 nitrogen and oxygen atoms in total. The van der Waals surface area contributed by atoms with Gasteiger partial charge < -0.3 is 9.90 Å². The van der Waals surface area contributed by atoms with Gasteiger partial charge in [-0.25, -0.2) is 12.8 Å². The number of carboxylic acid groups (broad SMARTS) is 1. The average Bonchev–Trinajstić information content (AvgIpc) is 2.19. The van der Waals surface area contributed by atoms with Gasteiger partial charge in [0, 0.05) is 0 Å². The van der Waals surface area contributed by atoms with Crippen LogP contribution in [0.4, 0.5) is 10.1 Å². The molecule has 0 heterocycles. The van der Waals surface area contributed by atoms with Crippen LogP contribution in [0.5, 0.6) is 0 Å². The zero-order valence-corrected chi connectivity index (χ0v) is 10.1. The van der Waals surface area contributed by atoms with Crippen molar-refractivity contribution in [3.8, 4) is 0 Å². The smallest absolute Gasteiger partial charge is 0.232 e. The van der Waals surface area contributed by atoms with Crippen molar-refractivity contribution in [2.75, 3.05) is 10.6 Å². The molecule has 0 N–H and O–H groups in total. The molecule has 0 saturated carbocycles. The monoisotopic (exact) mass is 260 g/mol. The van der Waals surface area contributed by atoms with E-state index >= 15 is 0 Å². The summed E-state index contributed by atoms with van der Waals surface area (Å²) >= 11 is 0.